The Labute approximate surface area is 208 Å². The highest BCUT2D eigenvalue weighted by Crippen LogP contribution is 2.35. The Kier molecular flexibility index (Phi) is 6.46. The van der Waals surface area contributed by atoms with Crippen LogP contribution in [-0.4, -0.2) is 28.8 Å². The molecule has 2 N–H and O–H groups in total. The van der Waals surface area contributed by atoms with Crippen LogP contribution in [0, 0.1) is 13.8 Å². The van der Waals surface area contributed by atoms with Crippen LogP contribution in [0.15, 0.2) is 76.3 Å². The molecule has 3 aromatic rings. The lowest BCUT2D eigenvalue weighted by atomic mass is 10.0. The quantitative estimate of drug-likeness (QED) is 0.468. The van der Waals surface area contributed by atoms with E-state index in [4.69, 9.17) is 4.52 Å². The topological polar surface area (TPSA) is 87.5 Å². The van der Waals surface area contributed by atoms with Crippen molar-refractivity contribution in [3.63, 3.8) is 0 Å². The number of carbonyl (C=O) groups excluding carboxylic acids is 2. The summed E-state index contributed by atoms with van der Waals surface area (Å²) in [5.74, 6) is 1.33. The molecular weight excluding hydrogens is 460 g/mol. The molecule has 0 unspecified atom stereocenters. The van der Waals surface area contributed by atoms with Gasteiger partial charge in [0.05, 0.1) is 17.1 Å². The molecule has 178 valence electrons. The molecule has 8 heteroatoms. The van der Waals surface area contributed by atoms with Gasteiger partial charge in [-0.1, -0.05) is 35.5 Å². The van der Waals surface area contributed by atoms with Crippen LogP contribution < -0.4 is 15.5 Å². The largest absolute Gasteiger partial charge is 0.361 e. The smallest absolute Gasteiger partial charge is 0.247 e. The molecule has 35 heavy (non-hydrogen) atoms. The maximum atomic E-state index is 13.5. The van der Waals surface area contributed by atoms with Crippen molar-refractivity contribution in [2.75, 3.05) is 21.3 Å². The van der Waals surface area contributed by atoms with Crippen LogP contribution in [0.3, 0.4) is 0 Å². The first-order chi connectivity index (χ1) is 17.0. The van der Waals surface area contributed by atoms with Gasteiger partial charge in [0, 0.05) is 29.1 Å². The zero-order valence-corrected chi connectivity index (χ0v) is 20.4. The Morgan fingerprint density at radius 2 is 1.97 bits per heavy atom. The van der Waals surface area contributed by atoms with Crippen LogP contribution in [0.1, 0.15) is 24.3 Å². The lowest BCUT2D eigenvalue weighted by Gasteiger charge is -2.25. The predicted molar refractivity (Wildman–Crippen MR) is 140 cm³/mol. The van der Waals surface area contributed by atoms with Crippen LogP contribution in [-0.2, 0) is 9.59 Å². The number of aryl methyl sites for hydroxylation is 2. The van der Waals surface area contributed by atoms with Crippen LogP contribution in [0.25, 0.3) is 11.1 Å². The first kappa shape index (κ1) is 23.0. The maximum Gasteiger partial charge on any atom is 0.247 e. The molecule has 5 rings (SSSR count). The van der Waals surface area contributed by atoms with Gasteiger partial charge in [-0.2, -0.15) is 0 Å². The fourth-order valence-electron chi connectivity index (χ4n) is 4.50. The van der Waals surface area contributed by atoms with Gasteiger partial charge in [-0.25, -0.2) is 0 Å². The minimum atomic E-state index is -0.578. The van der Waals surface area contributed by atoms with Crippen LogP contribution in [0.2, 0.25) is 0 Å². The summed E-state index contributed by atoms with van der Waals surface area (Å²) in [5.41, 5.74) is 5.68. The summed E-state index contributed by atoms with van der Waals surface area (Å²) < 4.78 is 5.36. The van der Waals surface area contributed by atoms with Gasteiger partial charge in [-0.05, 0) is 61.6 Å². The number of nitrogens with zero attached hydrogens (tertiary/aromatic N) is 2. The summed E-state index contributed by atoms with van der Waals surface area (Å²) in [6.45, 7) is 3.77. The highest BCUT2D eigenvalue weighted by molar-refractivity contribution is 8.02. The summed E-state index contributed by atoms with van der Waals surface area (Å²) >= 11 is 1.72. The number of amides is 2. The summed E-state index contributed by atoms with van der Waals surface area (Å²) in [6.07, 6.45) is 4.92. The van der Waals surface area contributed by atoms with E-state index in [0.29, 0.717) is 24.3 Å². The lowest BCUT2D eigenvalue weighted by molar-refractivity contribution is -0.120. The number of rotatable bonds is 6. The molecule has 1 atom stereocenters. The van der Waals surface area contributed by atoms with E-state index in [0.717, 1.165) is 39.6 Å². The summed E-state index contributed by atoms with van der Waals surface area (Å²) in [7, 11) is 0. The number of aromatic nitrogens is 1. The maximum absolute atomic E-state index is 13.5. The number of anilines is 3. The normalized spacial score (nSPS) is 17.4. The molecule has 1 fully saturated rings. The summed E-state index contributed by atoms with van der Waals surface area (Å²) in [4.78, 5) is 27.8. The number of allylic oxidation sites excluding steroid dienone is 1. The molecule has 0 saturated carbocycles. The summed E-state index contributed by atoms with van der Waals surface area (Å²) in [6, 6.07) is 14.6. The molecule has 0 radical (unpaired) electrons. The van der Waals surface area contributed by atoms with Gasteiger partial charge in [0.2, 0.25) is 11.8 Å². The fourth-order valence-corrected chi connectivity index (χ4v) is 5.13. The van der Waals surface area contributed by atoms with Crippen LogP contribution in [0.4, 0.5) is 17.1 Å². The second kappa shape index (κ2) is 9.84. The number of thioether (sulfide) groups is 1. The van der Waals surface area contributed by atoms with Crippen molar-refractivity contribution in [1.82, 2.24) is 5.16 Å². The van der Waals surface area contributed by atoms with Crippen molar-refractivity contribution in [3.05, 3.63) is 83.2 Å². The number of para-hydroxylation sites is 1. The molecule has 1 saturated heterocycles. The van der Waals surface area contributed by atoms with Gasteiger partial charge < -0.3 is 15.2 Å². The van der Waals surface area contributed by atoms with Crippen LogP contribution in [0.5, 0.6) is 0 Å². The van der Waals surface area contributed by atoms with Crippen molar-refractivity contribution >= 4 is 40.6 Å². The fraction of sp³-hybridized carbons (Fsp3) is 0.222. The van der Waals surface area contributed by atoms with E-state index in [9.17, 15) is 9.59 Å². The number of benzene rings is 2. The molecule has 2 aliphatic rings. The Morgan fingerprint density at radius 1 is 1.14 bits per heavy atom. The standard InChI is InChI=1S/C27H26N4O3S/c1-17-26(18(2)34-30-17)19-8-9-22(28-20-12-14-35-15-13-20)23(16-19)29-27(33)24-10-11-25(32)31(24)21-6-4-3-5-7-21/h3-9,12-14,16,24,28H,10-11,15H2,1-2H3,(H,29,33)/t24-/m0/s1. The molecule has 0 spiro atoms. The van der Waals surface area contributed by atoms with Gasteiger partial charge >= 0.3 is 0 Å². The summed E-state index contributed by atoms with van der Waals surface area (Å²) in [5, 5.41) is 12.6. The van der Waals surface area contributed by atoms with Crippen molar-refractivity contribution < 1.29 is 14.1 Å². The molecule has 2 aliphatic heterocycles. The number of nitrogens with one attached hydrogen (secondary N) is 2. The predicted octanol–water partition coefficient (Wildman–Crippen LogP) is 5.65. The van der Waals surface area contributed by atoms with Gasteiger partial charge in [-0.15, -0.1) is 11.8 Å². The van der Waals surface area contributed by atoms with E-state index in [2.05, 4.69) is 21.9 Å². The molecule has 7 nitrogen and oxygen atoms in total. The van der Waals surface area contributed by atoms with Crippen molar-refractivity contribution in [2.45, 2.75) is 32.7 Å². The first-order valence-electron chi connectivity index (χ1n) is 11.5. The highest BCUT2D eigenvalue weighted by Gasteiger charge is 2.37. The molecule has 0 bridgehead atoms. The van der Waals surface area contributed by atoms with Crippen molar-refractivity contribution in [1.29, 1.82) is 0 Å². The van der Waals surface area contributed by atoms with E-state index in [-0.39, 0.29) is 11.8 Å². The highest BCUT2D eigenvalue weighted by atomic mass is 32.2. The number of hydrogen-bond donors (Lipinski definition) is 2. The SMILES string of the molecule is Cc1noc(C)c1-c1ccc(NC2=CCSC=C2)c(NC(=O)[C@@H]2CCC(=O)N2c2ccccc2)c1. The minimum Gasteiger partial charge on any atom is -0.361 e. The Balaban J connectivity index is 1.48. The van der Waals surface area contributed by atoms with E-state index in [1.807, 2.05) is 73.9 Å². The second-order valence-electron chi connectivity index (χ2n) is 8.52. The van der Waals surface area contributed by atoms with E-state index in [1.54, 1.807) is 16.7 Å². The molecule has 2 amide bonds. The Bertz CT molecular complexity index is 1310. The van der Waals surface area contributed by atoms with Gasteiger partial charge in [0.1, 0.15) is 11.8 Å². The van der Waals surface area contributed by atoms with E-state index in [1.165, 1.54) is 0 Å². The van der Waals surface area contributed by atoms with E-state index < -0.39 is 6.04 Å². The third-order valence-electron chi connectivity index (χ3n) is 6.17. The average molecular weight is 487 g/mol. The zero-order valence-electron chi connectivity index (χ0n) is 19.6. The molecule has 1 aromatic heterocycles. The van der Waals surface area contributed by atoms with Gasteiger partial charge in [0.15, 0.2) is 0 Å². The van der Waals surface area contributed by atoms with Gasteiger partial charge in [-0.3, -0.25) is 14.5 Å². The Morgan fingerprint density at radius 3 is 2.69 bits per heavy atom. The second-order valence-corrected chi connectivity index (χ2v) is 9.46. The third kappa shape index (κ3) is 4.74. The van der Waals surface area contributed by atoms with Crippen molar-refractivity contribution in [2.24, 2.45) is 0 Å². The molecule has 3 heterocycles. The number of carbonyl (C=O) groups is 2. The van der Waals surface area contributed by atoms with Crippen LogP contribution >= 0.6 is 11.8 Å². The average Bonchev–Trinajstić information content (AvgIpc) is 3.42. The first-order valence-corrected chi connectivity index (χ1v) is 12.6. The van der Waals surface area contributed by atoms with Crippen molar-refractivity contribution in [3.8, 4) is 11.1 Å². The lowest BCUT2D eigenvalue weighted by Crippen LogP contribution is -2.41. The molecule has 0 aliphatic carbocycles. The zero-order chi connectivity index (χ0) is 24.4. The Hall–Kier alpha value is -3.78. The monoisotopic (exact) mass is 486 g/mol. The minimum absolute atomic E-state index is 0.0471. The third-order valence-corrected chi connectivity index (χ3v) is 6.86. The van der Waals surface area contributed by atoms with E-state index >= 15 is 0 Å². The van der Waals surface area contributed by atoms with Gasteiger partial charge in [0.25, 0.3) is 0 Å². The molecule has 2 aromatic carbocycles. The molecular formula is C27H26N4O3S. The number of hydrogen-bond acceptors (Lipinski definition) is 6.